The van der Waals surface area contributed by atoms with Crippen molar-refractivity contribution in [2.24, 2.45) is 5.73 Å². The van der Waals surface area contributed by atoms with Gasteiger partial charge in [0, 0.05) is 0 Å². The molecule has 0 saturated carbocycles. The highest BCUT2D eigenvalue weighted by Gasteiger charge is 2.14. The molecule has 0 heterocycles. The second-order valence-electron chi connectivity index (χ2n) is 3.55. The molecule has 5 N–H and O–H groups in total. The maximum absolute atomic E-state index is 11.5. The van der Waals surface area contributed by atoms with Gasteiger partial charge in [0.15, 0.2) is 0 Å². The summed E-state index contributed by atoms with van der Waals surface area (Å²) in [7, 11) is 0. The summed E-state index contributed by atoms with van der Waals surface area (Å²) in [6, 6.07) is 8.61. The third kappa shape index (κ3) is 4.62. The lowest BCUT2D eigenvalue weighted by molar-refractivity contribution is -0.131. The van der Waals surface area contributed by atoms with Crippen LogP contribution in [0.15, 0.2) is 30.3 Å². The van der Waals surface area contributed by atoms with Gasteiger partial charge < -0.3 is 11.1 Å². The van der Waals surface area contributed by atoms with Gasteiger partial charge in [0.1, 0.15) is 0 Å². The molecule has 6 heteroatoms. The van der Waals surface area contributed by atoms with E-state index in [9.17, 15) is 9.59 Å². The van der Waals surface area contributed by atoms with Crippen LogP contribution in [0.4, 0.5) is 0 Å². The van der Waals surface area contributed by atoms with E-state index >= 15 is 0 Å². The van der Waals surface area contributed by atoms with Crippen LogP contribution in [-0.4, -0.2) is 29.6 Å². The molecule has 0 fully saturated rings. The number of carbonyl (C=O) groups is 2. The Balaban J connectivity index is 2.40. The van der Waals surface area contributed by atoms with Gasteiger partial charge in [0.2, 0.25) is 5.91 Å². The number of hydrogen-bond acceptors (Lipinski definition) is 4. The van der Waals surface area contributed by atoms with Crippen molar-refractivity contribution in [3.05, 3.63) is 35.9 Å². The van der Waals surface area contributed by atoms with Crippen molar-refractivity contribution < 1.29 is 14.8 Å². The Bertz CT molecular complexity index is 381. The third-order valence-corrected chi connectivity index (χ3v) is 2.18. The Kier molecular flexibility index (Phi) is 5.12. The van der Waals surface area contributed by atoms with Gasteiger partial charge in [-0.3, -0.25) is 14.8 Å². The van der Waals surface area contributed by atoms with Crippen LogP contribution in [0.1, 0.15) is 5.56 Å². The number of benzene rings is 1. The molecule has 17 heavy (non-hydrogen) atoms. The molecule has 1 aromatic carbocycles. The molecule has 1 rings (SSSR count). The predicted molar refractivity (Wildman–Crippen MR) is 61.1 cm³/mol. The number of nitrogens with one attached hydrogen (secondary N) is 2. The van der Waals surface area contributed by atoms with E-state index in [2.05, 4.69) is 5.32 Å². The van der Waals surface area contributed by atoms with Crippen LogP contribution in [0.25, 0.3) is 0 Å². The van der Waals surface area contributed by atoms with Crippen LogP contribution in [0.5, 0.6) is 0 Å². The van der Waals surface area contributed by atoms with Gasteiger partial charge >= 0.3 is 0 Å². The summed E-state index contributed by atoms with van der Waals surface area (Å²) in [5, 5.41) is 10.6. The molecule has 92 valence electrons. The number of carbonyl (C=O) groups excluding carboxylic acids is 2. The summed E-state index contributed by atoms with van der Waals surface area (Å²) < 4.78 is 0. The van der Waals surface area contributed by atoms with Crippen molar-refractivity contribution in [1.29, 1.82) is 0 Å². The van der Waals surface area contributed by atoms with E-state index in [0.29, 0.717) is 6.42 Å². The molecular weight excluding hydrogens is 222 g/mol. The van der Waals surface area contributed by atoms with Gasteiger partial charge in [-0.15, -0.1) is 0 Å². The third-order valence-electron chi connectivity index (χ3n) is 2.18. The van der Waals surface area contributed by atoms with Crippen LogP contribution in [0, 0.1) is 0 Å². The minimum Gasteiger partial charge on any atom is -0.346 e. The number of hydrogen-bond donors (Lipinski definition) is 4. The van der Waals surface area contributed by atoms with Crippen LogP contribution in [0.2, 0.25) is 0 Å². The maximum atomic E-state index is 11.5. The Morgan fingerprint density at radius 1 is 1.29 bits per heavy atom. The second-order valence-corrected chi connectivity index (χ2v) is 3.55. The highest BCUT2D eigenvalue weighted by molar-refractivity contribution is 5.87. The normalized spacial score (nSPS) is 11.6. The fourth-order valence-corrected chi connectivity index (χ4v) is 1.30. The molecule has 0 aliphatic heterocycles. The van der Waals surface area contributed by atoms with Gasteiger partial charge in [0.05, 0.1) is 12.6 Å². The summed E-state index contributed by atoms with van der Waals surface area (Å²) in [6.07, 6.45) is 0.396. The number of hydroxylamine groups is 1. The summed E-state index contributed by atoms with van der Waals surface area (Å²) in [6.45, 7) is -0.294. The van der Waals surface area contributed by atoms with Crippen molar-refractivity contribution in [3.8, 4) is 0 Å². The zero-order chi connectivity index (χ0) is 12.7. The zero-order valence-electron chi connectivity index (χ0n) is 9.22. The molecule has 0 bridgehead atoms. The second kappa shape index (κ2) is 6.62. The molecule has 0 aromatic heterocycles. The van der Waals surface area contributed by atoms with E-state index in [1.165, 1.54) is 5.48 Å². The maximum Gasteiger partial charge on any atom is 0.262 e. The Morgan fingerprint density at radius 2 is 1.94 bits per heavy atom. The first-order valence-electron chi connectivity index (χ1n) is 5.13. The first-order chi connectivity index (χ1) is 8.13. The van der Waals surface area contributed by atoms with E-state index in [0.717, 1.165) is 5.56 Å². The molecule has 0 radical (unpaired) electrons. The molecule has 6 nitrogen and oxygen atoms in total. The van der Waals surface area contributed by atoms with Crippen molar-refractivity contribution in [2.45, 2.75) is 12.5 Å². The first kappa shape index (κ1) is 13.1. The smallest absolute Gasteiger partial charge is 0.262 e. The van der Waals surface area contributed by atoms with Gasteiger partial charge in [-0.05, 0) is 12.0 Å². The summed E-state index contributed by atoms with van der Waals surface area (Å²) >= 11 is 0. The minimum absolute atomic E-state index is 0.294. The number of rotatable bonds is 5. The van der Waals surface area contributed by atoms with E-state index < -0.39 is 17.9 Å². The van der Waals surface area contributed by atoms with Gasteiger partial charge in [-0.2, -0.15) is 0 Å². The number of amides is 2. The average Bonchev–Trinajstić information content (AvgIpc) is 2.36. The standard InChI is InChI=1S/C11H15N3O3/c12-9(6-8-4-2-1-3-5-8)11(16)13-7-10(15)14-17/h1-5,9,17H,6-7,12H2,(H,13,16)(H,14,15). The van der Waals surface area contributed by atoms with Crippen LogP contribution >= 0.6 is 0 Å². The molecule has 0 saturated heterocycles. The van der Waals surface area contributed by atoms with E-state index in [1.807, 2.05) is 30.3 Å². The highest BCUT2D eigenvalue weighted by Crippen LogP contribution is 2.01. The van der Waals surface area contributed by atoms with E-state index in [4.69, 9.17) is 10.9 Å². The molecule has 0 aliphatic carbocycles. The Hall–Kier alpha value is -1.92. The Labute approximate surface area is 98.8 Å². The summed E-state index contributed by atoms with van der Waals surface area (Å²) in [5.74, 6) is -1.12. The first-order valence-corrected chi connectivity index (χ1v) is 5.13. The highest BCUT2D eigenvalue weighted by atomic mass is 16.5. The predicted octanol–water partition coefficient (Wildman–Crippen LogP) is -0.822. The molecule has 1 atom stereocenters. The molecule has 0 spiro atoms. The monoisotopic (exact) mass is 237 g/mol. The van der Waals surface area contributed by atoms with Crippen LogP contribution < -0.4 is 16.5 Å². The molecule has 1 aromatic rings. The van der Waals surface area contributed by atoms with Crippen molar-refractivity contribution in [3.63, 3.8) is 0 Å². The minimum atomic E-state index is -0.719. The van der Waals surface area contributed by atoms with Crippen LogP contribution in [-0.2, 0) is 16.0 Å². The van der Waals surface area contributed by atoms with Gasteiger partial charge in [-0.25, -0.2) is 5.48 Å². The Morgan fingerprint density at radius 3 is 2.53 bits per heavy atom. The lowest BCUT2D eigenvalue weighted by Gasteiger charge is -2.11. The average molecular weight is 237 g/mol. The topological polar surface area (TPSA) is 104 Å². The lowest BCUT2D eigenvalue weighted by Crippen LogP contribution is -2.45. The van der Waals surface area contributed by atoms with Crippen molar-refractivity contribution in [1.82, 2.24) is 10.8 Å². The van der Waals surface area contributed by atoms with Crippen LogP contribution in [0.3, 0.4) is 0 Å². The fraction of sp³-hybridized carbons (Fsp3) is 0.273. The largest absolute Gasteiger partial charge is 0.346 e. The van der Waals surface area contributed by atoms with Gasteiger partial charge in [0.25, 0.3) is 5.91 Å². The van der Waals surface area contributed by atoms with E-state index in [1.54, 1.807) is 0 Å². The quantitative estimate of drug-likeness (QED) is 0.396. The summed E-state index contributed by atoms with van der Waals surface area (Å²) in [5.41, 5.74) is 8.03. The SMILES string of the molecule is NC(Cc1ccccc1)C(=O)NCC(=O)NO. The molecule has 0 aliphatic rings. The molecule has 1 unspecified atom stereocenters. The summed E-state index contributed by atoms with van der Waals surface area (Å²) in [4.78, 5) is 22.2. The van der Waals surface area contributed by atoms with Gasteiger partial charge in [-0.1, -0.05) is 30.3 Å². The lowest BCUT2D eigenvalue weighted by atomic mass is 10.1. The van der Waals surface area contributed by atoms with Crippen molar-refractivity contribution in [2.75, 3.05) is 6.54 Å². The zero-order valence-corrected chi connectivity index (χ0v) is 9.22. The van der Waals surface area contributed by atoms with E-state index in [-0.39, 0.29) is 6.54 Å². The fourth-order valence-electron chi connectivity index (χ4n) is 1.30. The number of nitrogens with two attached hydrogens (primary N) is 1. The van der Waals surface area contributed by atoms with Crippen molar-refractivity contribution >= 4 is 11.8 Å². The molecular formula is C11H15N3O3. The molecule has 2 amide bonds.